The van der Waals surface area contributed by atoms with Crippen LogP contribution in [0, 0.1) is 0 Å². The van der Waals surface area contributed by atoms with Crippen molar-refractivity contribution in [2.45, 2.75) is 25.3 Å². The minimum atomic E-state index is -0.615. The van der Waals surface area contributed by atoms with Gasteiger partial charge in [0.25, 0.3) is 5.91 Å². The van der Waals surface area contributed by atoms with Gasteiger partial charge in [-0.15, -0.1) is 0 Å². The van der Waals surface area contributed by atoms with E-state index in [0.29, 0.717) is 23.6 Å². The molecule has 1 aromatic carbocycles. The summed E-state index contributed by atoms with van der Waals surface area (Å²) < 4.78 is 4.99. The fraction of sp³-hybridized carbons (Fsp3) is 0.400. The first kappa shape index (κ1) is 16.3. The van der Waals surface area contributed by atoms with Crippen molar-refractivity contribution < 1.29 is 19.1 Å². The summed E-state index contributed by atoms with van der Waals surface area (Å²) in [5.41, 5.74) is 5.61. The average Bonchev–Trinajstić information content (AvgIpc) is 2.53. The molecular weight excluding hydrogens is 308 g/mol. The van der Waals surface area contributed by atoms with E-state index in [2.05, 4.69) is 0 Å². The molecule has 22 heavy (non-hydrogen) atoms. The van der Waals surface area contributed by atoms with Crippen LogP contribution in [0.1, 0.15) is 29.6 Å². The number of halogens is 1. The summed E-state index contributed by atoms with van der Waals surface area (Å²) in [4.78, 5) is 36.7. The number of nitrogens with zero attached hydrogens (tertiary/aromatic N) is 1. The lowest BCUT2D eigenvalue weighted by Gasteiger charge is -2.33. The molecule has 1 aromatic rings. The number of carbonyl (C=O) groups is 3. The van der Waals surface area contributed by atoms with E-state index in [4.69, 9.17) is 22.1 Å². The van der Waals surface area contributed by atoms with Gasteiger partial charge in [0, 0.05) is 11.6 Å². The molecule has 1 atom stereocenters. The smallest absolute Gasteiger partial charge is 0.338 e. The number of nitrogens with two attached hydrogens (primary N) is 1. The average molecular weight is 325 g/mol. The zero-order chi connectivity index (χ0) is 16.1. The molecule has 1 aliphatic rings. The predicted molar refractivity (Wildman–Crippen MR) is 80.3 cm³/mol. The van der Waals surface area contributed by atoms with E-state index in [0.717, 1.165) is 12.8 Å². The van der Waals surface area contributed by atoms with Crippen molar-refractivity contribution in [1.29, 1.82) is 0 Å². The fourth-order valence-corrected chi connectivity index (χ4v) is 2.53. The minimum absolute atomic E-state index is 0.308. The van der Waals surface area contributed by atoms with E-state index in [1.807, 2.05) is 0 Å². The van der Waals surface area contributed by atoms with Gasteiger partial charge in [0.2, 0.25) is 5.91 Å². The number of esters is 1. The molecular formula is C15H17ClN2O4. The molecule has 1 saturated heterocycles. The zero-order valence-electron chi connectivity index (χ0n) is 12.0. The Bertz CT molecular complexity index is 573. The van der Waals surface area contributed by atoms with Gasteiger partial charge in [0.05, 0.1) is 5.56 Å². The second-order valence-corrected chi connectivity index (χ2v) is 5.52. The van der Waals surface area contributed by atoms with E-state index in [1.54, 1.807) is 12.1 Å². The molecule has 1 aliphatic heterocycles. The standard InChI is InChI=1S/C15H17ClN2O4/c16-11-6-4-10(5-7-11)15(21)22-9-13(19)18-8-2-1-3-12(18)14(17)20/h4-7,12H,1-3,8-9H2,(H2,17,20)/t12-/m0/s1. The third kappa shape index (κ3) is 3.98. The third-order valence-electron chi connectivity index (χ3n) is 3.56. The summed E-state index contributed by atoms with van der Waals surface area (Å²) in [7, 11) is 0. The predicted octanol–water partition coefficient (Wildman–Crippen LogP) is 1.36. The second kappa shape index (κ2) is 7.26. The number of benzene rings is 1. The number of amides is 2. The van der Waals surface area contributed by atoms with Crippen molar-refractivity contribution in [3.05, 3.63) is 34.9 Å². The highest BCUT2D eigenvalue weighted by Crippen LogP contribution is 2.17. The maximum absolute atomic E-state index is 12.1. The quantitative estimate of drug-likeness (QED) is 0.847. The molecule has 118 valence electrons. The van der Waals surface area contributed by atoms with Crippen LogP contribution in [-0.2, 0) is 14.3 Å². The number of hydrogen-bond acceptors (Lipinski definition) is 4. The first-order valence-electron chi connectivity index (χ1n) is 7.00. The summed E-state index contributed by atoms with van der Waals surface area (Å²) in [5, 5.41) is 0.505. The van der Waals surface area contributed by atoms with E-state index < -0.39 is 30.4 Å². The third-order valence-corrected chi connectivity index (χ3v) is 3.81. The van der Waals surface area contributed by atoms with Gasteiger partial charge in [-0.2, -0.15) is 0 Å². The summed E-state index contributed by atoms with van der Waals surface area (Å²) in [6.45, 7) is 0.0379. The van der Waals surface area contributed by atoms with E-state index >= 15 is 0 Å². The van der Waals surface area contributed by atoms with E-state index in [-0.39, 0.29) is 0 Å². The molecule has 2 N–H and O–H groups in total. The summed E-state index contributed by atoms with van der Waals surface area (Å²) in [6, 6.07) is 5.54. The molecule has 2 rings (SSSR count). The van der Waals surface area contributed by atoms with Gasteiger partial charge in [0.1, 0.15) is 6.04 Å². The Morgan fingerprint density at radius 3 is 2.55 bits per heavy atom. The number of piperidine rings is 1. The normalized spacial score (nSPS) is 17.9. The molecule has 0 radical (unpaired) electrons. The molecule has 0 saturated carbocycles. The fourth-order valence-electron chi connectivity index (χ4n) is 2.41. The topological polar surface area (TPSA) is 89.7 Å². The highest BCUT2D eigenvalue weighted by molar-refractivity contribution is 6.30. The van der Waals surface area contributed by atoms with Crippen molar-refractivity contribution in [2.75, 3.05) is 13.2 Å². The van der Waals surface area contributed by atoms with E-state index in [1.165, 1.54) is 17.0 Å². The van der Waals surface area contributed by atoms with Crippen LogP contribution in [0.25, 0.3) is 0 Å². The zero-order valence-corrected chi connectivity index (χ0v) is 12.7. The first-order chi connectivity index (χ1) is 10.5. The Balaban J connectivity index is 1.92. The van der Waals surface area contributed by atoms with Gasteiger partial charge >= 0.3 is 5.97 Å². The van der Waals surface area contributed by atoms with Crippen molar-refractivity contribution in [1.82, 2.24) is 4.90 Å². The Labute approximate surface area is 133 Å². The molecule has 1 heterocycles. The lowest BCUT2D eigenvalue weighted by molar-refractivity contribution is -0.143. The van der Waals surface area contributed by atoms with Crippen molar-refractivity contribution in [3.8, 4) is 0 Å². The van der Waals surface area contributed by atoms with Gasteiger partial charge in [0.15, 0.2) is 6.61 Å². The Hall–Kier alpha value is -2.08. The van der Waals surface area contributed by atoms with E-state index in [9.17, 15) is 14.4 Å². The molecule has 0 bridgehead atoms. The molecule has 7 heteroatoms. The molecule has 6 nitrogen and oxygen atoms in total. The number of carbonyl (C=O) groups excluding carboxylic acids is 3. The molecule has 0 unspecified atom stereocenters. The van der Waals surface area contributed by atoms with Gasteiger partial charge in [-0.1, -0.05) is 11.6 Å². The molecule has 2 amide bonds. The maximum atomic E-state index is 12.1. The van der Waals surface area contributed by atoms with Crippen LogP contribution in [0.4, 0.5) is 0 Å². The molecule has 0 spiro atoms. The van der Waals surface area contributed by atoms with Crippen LogP contribution < -0.4 is 5.73 Å². The maximum Gasteiger partial charge on any atom is 0.338 e. The number of likely N-dealkylation sites (tertiary alicyclic amines) is 1. The van der Waals surface area contributed by atoms with Crippen LogP contribution in [0.2, 0.25) is 5.02 Å². The summed E-state index contributed by atoms with van der Waals surface area (Å²) >= 11 is 5.73. The Kier molecular flexibility index (Phi) is 5.38. The highest BCUT2D eigenvalue weighted by atomic mass is 35.5. The van der Waals surface area contributed by atoms with Crippen LogP contribution in [-0.4, -0.2) is 41.9 Å². The Morgan fingerprint density at radius 2 is 1.91 bits per heavy atom. The molecule has 0 aliphatic carbocycles. The minimum Gasteiger partial charge on any atom is -0.452 e. The number of rotatable bonds is 4. The first-order valence-corrected chi connectivity index (χ1v) is 7.38. The number of ether oxygens (including phenoxy) is 1. The van der Waals surface area contributed by atoms with Crippen LogP contribution in [0.5, 0.6) is 0 Å². The highest BCUT2D eigenvalue weighted by Gasteiger charge is 2.30. The van der Waals surface area contributed by atoms with Crippen LogP contribution >= 0.6 is 11.6 Å². The number of primary amides is 1. The van der Waals surface area contributed by atoms with Crippen LogP contribution in [0.15, 0.2) is 24.3 Å². The van der Waals surface area contributed by atoms with Gasteiger partial charge in [-0.3, -0.25) is 9.59 Å². The van der Waals surface area contributed by atoms with Crippen molar-refractivity contribution >= 4 is 29.4 Å². The summed E-state index contributed by atoms with van der Waals surface area (Å²) in [6.07, 6.45) is 2.20. The van der Waals surface area contributed by atoms with Gasteiger partial charge in [-0.05, 0) is 43.5 Å². The van der Waals surface area contributed by atoms with Gasteiger partial charge < -0.3 is 15.4 Å². The van der Waals surface area contributed by atoms with Crippen LogP contribution in [0.3, 0.4) is 0 Å². The van der Waals surface area contributed by atoms with Gasteiger partial charge in [-0.25, -0.2) is 4.79 Å². The largest absolute Gasteiger partial charge is 0.452 e. The summed E-state index contributed by atoms with van der Waals surface area (Å²) in [5.74, 6) is -1.56. The second-order valence-electron chi connectivity index (χ2n) is 5.08. The monoisotopic (exact) mass is 324 g/mol. The van der Waals surface area contributed by atoms with Crippen molar-refractivity contribution in [2.24, 2.45) is 5.73 Å². The Morgan fingerprint density at radius 1 is 1.23 bits per heavy atom. The number of hydrogen-bond donors (Lipinski definition) is 1. The molecule has 1 fully saturated rings. The van der Waals surface area contributed by atoms with Crippen molar-refractivity contribution in [3.63, 3.8) is 0 Å². The molecule has 0 aromatic heterocycles. The lowest BCUT2D eigenvalue weighted by Crippen LogP contribution is -2.51. The lowest BCUT2D eigenvalue weighted by atomic mass is 10.0. The SMILES string of the molecule is NC(=O)[C@@H]1CCCCN1C(=O)COC(=O)c1ccc(Cl)cc1.